The van der Waals surface area contributed by atoms with Crippen molar-refractivity contribution in [1.82, 2.24) is 39.0 Å². The summed E-state index contributed by atoms with van der Waals surface area (Å²) >= 11 is 0. The van der Waals surface area contributed by atoms with Crippen LogP contribution in [0.3, 0.4) is 0 Å². The van der Waals surface area contributed by atoms with Crippen molar-refractivity contribution in [3.63, 3.8) is 0 Å². The van der Waals surface area contributed by atoms with E-state index in [9.17, 15) is 23.9 Å². The molecule has 252 valence electrons. The standard InChI is InChI=1S/C22H26N10O13P2/c23-15-10-16(26-4-25-15)31(5-27-10)20-13-9-7(42-13)1-22(9,44-20)3-41-47(38,39)45-14-12(33)8(2-40-46(35,36)37)43-19(14)32-6-28-11-17(32)29-21(24)30-18(11)34/h4-9,12-14,19-20,33H,1-3H2,(H,38,39)(H2,23,25,26)(H2,35,36,37)(H3,24,29,30,34)/t7-,8?,9?,12?,13?,14?,19?,20?,22?/m1/s1. The highest BCUT2D eigenvalue weighted by Crippen LogP contribution is 2.65. The van der Waals surface area contributed by atoms with Gasteiger partial charge in [0.1, 0.15) is 41.9 Å². The Morgan fingerprint density at radius 3 is 2.51 bits per heavy atom. The third-order valence-electron chi connectivity index (χ3n) is 8.71. The van der Waals surface area contributed by atoms with E-state index in [0.29, 0.717) is 17.6 Å². The second-order valence-electron chi connectivity index (χ2n) is 11.5. The second-order valence-corrected chi connectivity index (χ2v) is 14.1. The molecule has 0 spiro atoms. The highest BCUT2D eigenvalue weighted by Gasteiger charge is 2.74. The lowest BCUT2D eigenvalue weighted by atomic mass is 9.62. The smallest absolute Gasteiger partial charge is 0.387 e. The average Bonchev–Trinajstić information content (AvgIpc) is 3.68. The Morgan fingerprint density at radius 2 is 1.77 bits per heavy atom. The molecule has 23 nitrogen and oxygen atoms in total. The van der Waals surface area contributed by atoms with Crippen molar-refractivity contribution < 1.29 is 56.7 Å². The predicted molar refractivity (Wildman–Crippen MR) is 150 cm³/mol. The molecular weight excluding hydrogens is 674 g/mol. The van der Waals surface area contributed by atoms with E-state index in [2.05, 4.69) is 34.4 Å². The highest BCUT2D eigenvalue weighted by atomic mass is 31.2. The lowest BCUT2D eigenvalue weighted by molar-refractivity contribution is -0.272. The number of H-pyrrole nitrogens is 1. The van der Waals surface area contributed by atoms with Crippen molar-refractivity contribution in [2.24, 2.45) is 5.92 Å². The number of nitrogens with zero attached hydrogens (tertiary/aromatic N) is 7. The van der Waals surface area contributed by atoms with E-state index < -0.39 is 76.9 Å². The first kappa shape index (κ1) is 30.9. The third kappa shape index (κ3) is 4.98. The molecule has 47 heavy (non-hydrogen) atoms. The molecule has 0 aromatic carbocycles. The number of nitrogens with two attached hydrogens (primary N) is 2. The van der Waals surface area contributed by atoms with Gasteiger partial charge in [0.15, 0.2) is 35.1 Å². The zero-order chi connectivity index (χ0) is 33.0. The quantitative estimate of drug-likeness (QED) is 0.0884. The average molecular weight is 700 g/mol. The first-order chi connectivity index (χ1) is 22.2. The minimum atomic E-state index is -5.05. The van der Waals surface area contributed by atoms with Gasteiger partial charge >= 0.3 is 15.6 Å². The fourth-order valence-electron chi connectivity index (χ4n) is 6.63. The SMILES string of the molecule is Nc1nc2c(ncn2C2OC(COP(=O)(O)O)C(O)C2OP(=O)(O)OCC23C[C@H]4OC(C(n5cnc6c(N)ncnc65)O2)C43)c(=O)[nH]1. The Kier molecular flexibility index (Phi) is 6.91. The van der Waals surface area contributed by atoms with Gasteiger partial charge in [-0.15, -0.1) is 0 Å². The number of phosphoric ester groups is 2. The molecule has 4 aliphatic rings. The maximum Gasteiger partial charge on any atom is 0.472 e. The number of imidazole rings is 2. The number of hydrogen-bond donors (Lipinski definition) is 7. The molecule has 8 rings (SSSR count). The summed E-state index contributed by atoms with van der Waals surface area (Å²) in [7, 11) is -10.1. The Bertz CT molecular complexity index is 2050. The fourth-order valence-corrected chi connectivity index (χ4v) is 7.95. The van der Waals surface area contributed by atoms with Crippen LogP contribution in [0.15, 0.2) is 23.8 Å². The fraction of sp³-hybridized carbons (Fsp3) is 0.545. The number of anilines is 2. The monoisotopic (exact) mass is 700 g/mol. The molecule has 0 bridgehead atoms. The van der Waals surface area contributed by atoms with Gasteiger partial charge in [-0.1, -0.05) is 0 Å². The second kappa shape index (κ2) is 10.5. The molecule has 1 aliphatic carbocycles. The Hall–Kier alpha value is -3.44. The molecule has 9 N–H and O–H groups in total. The molecule has 4 aromatic heterocycles. The van der Waals surface area contributed by atoms with E-state index >= 15 is 0 Å². The maximum atomic E-state index is 13.4. The molecule has 7 heterocycles. The normalized spacial score (nSPS) is 34.3. The zero-order valence-corrected chi connectivity index (χ0v) is 25.4. The number of phosphoric acid groups is 2. The molecule has 3 saturated heterocycles. The molecule has 10 atom stereocenters. The van der Waals surface area contributed by atoms with Crippen LogP contribution >= 0.6 is 15.6 Å². The van der Waals surface area contributed by atoms with Crippen molar-refractivity contribution in [3.05, 3.63) is 29.3 Å². The summed E-state index contributed by atoms with van der Waals surface area (Å²) in [4.78, 5) is 64.2. The predicted octanol–water partition coefficient (Wildman–Crippen LogP) is -1.95. The molecular formula is C22H26N10O13P2. The van der Waals surface area contributed by atoms with Crippen molar-refractivity contribution in [2.75, 3.05) is 24.7 Å². The van der Waals surface area contributed by atoms with Crippen LogP contribution < -0.4 is 17.0 Å². The number of fused-ring (bicyclic) bond motifs is 2. The largest absolute Gasteiger partial charge is 0.472 e. The van der Waals surface area contributed by atoms with Crippen molar-refractivity contribution in [2.45, 2.75) is 55.0 Å². The topological polar surface area (TPSA) is 330 Å². The van der Waals surface area contributed by atoms with Crippen LogP contribution in [0.25, 0.3) is 22.3 Å². The molecule has 0 amide bonds. The van der Waals surface area contributed by atoms with Gasteiger partial charge in [-0.05, 0) is 0 Å². The summed E-state index contributed by atoms with van der Waals surface area (Å²) in [5.41, 5.74) is 10.3. The molecule has 4 fully saturated rings. The van der Waals surface area contributed by atoms with Gasteiger partial charge in [0.05, 0.1) is 32.0 Å². The summed E-state index contributed by atoms with van der Waals surface area (Å²) in [5.74, 6) is -0.303. The van der Waals surface area contributed by atoms with Gasteiger partial charge in [-0.3, -0.25) is 32.5 Å². The van der Waals surface area contributed by atoms with Gasteiger partial charge in [0, 0.05) is 12.3 Å². The van der Waals surface area contributed by atoms with E-state index in [4.69, 9.17) is 44.5 Å². The van der Waals surface area contributed by atoms with Crippen LogP contribution in [-0.2, 0) is 36.9 Å². The van der Waals surface area contributed by atoms with Crippen molar-refractivity contribution in [1.29, 1.82) is 0 Å². The number of aromatic amines is 1. The van der Waals surface area contributed by atoms with E-state index in [0.717, 1.165) is 10.9 Å². The van der Waals surface area contributed by atoms with Crippen LogP contribution in [0.5, 0.6) is 0 Å². The number of nitrogens with one attached hydrogen (secondary N) is 1. The number of aliphatic hydroxyl groups excluding tert-OH is 1. The number of aliphatic hydroxyl groups is 1. The van der Waals surface area contributed by atoms with Crippen LogP contribution in [0.1, 0.15) is 18.9 Å². The molecule has 3 aliphatic heterocycles. The lowest BCUT2D eigenvalue weighted by Gasteiger charge is -2.57. The van der Waals surface area contributed by atoms with Gasteiger partial charge in [0.2, 0.25) is 5.95 Å². The molecule has 9 unspecified atom stereocenters. The Morgan fingerprint density at radius 1 is 1.02 bits per heavy atom. The van der Waals surface area contributed by atoms with Crippen LogP contribution in [0.2, 0.25) is 0 Å². The van der Waals surface area contributed by atoms with Crippen LogP contribution in [0.4, 0.5) is 11.8 Å². The molecule has 0 radical (unpaired) electrons. The number of ether oxygens (including phenoxy) is 3. The van der Waals surface area contributed by atoms with Crippen LogP contribution in [0, 0.1) is 5.92 Å². The van der Waals surface area contributed by atoms with E-state index in [1.807, 2.05) is 0 Å². The summed E-state index contributed by atoms with van der Waals surface area (Å²) < 4.78 is 60.9. The van der Waals surface area contributed by atoms with E-state index in [1.165, 1.54) is 12.7 Å². The first-order valence-electron chi connectivity index (χ1n) is 13.9. The Balaban J connectivity index is 1.03. The molecule has 4 aromatic rings. The number of nitrogen functional groups attached to an aromatic ring is 2. The van der Waals surface area contributed by atoms with E-state index in [-0.39, 0.29) is 35.0 Å². The van der Waals surface area contributed by atoms with Gasteiger partial charge in [-0.25, -0.2) is 29.1 Å². The Labute approximate surface area is 260 Å². The van der Waals surface area contributed by atoms with Gasteiger partial charge in [-0.2, -0.15) is 4.98 Å². The maximum absolute atomic E-state index is 13.4. The van der Waals surface area contributed by atoms with E-state index in [1.54, 1.807) is 4.57 Å². The minimum absolute atomic E-state index is 0.137. The van der Waals surface area contributed by atoms with Gasteiger partial charge < -0.3 is 45.5 Å². The number of aromatic nitrogens is 8. The number of rotatable bonds is 10. The summed E-state index contributed by atoms with van der Waals surface area (Å²) in [6.45, 7) is -1.26. The highest BCUT2D eigenvalue weighted by molar-refractivity contribution is 7.47. The van der Waals surface area contributed by atoms with Crippen molar-refractivity contribution in [3.8, 4) is 0 Å². The number of hydrogen-bond acceptors (Lipinski definition) is 17. The molecule has 1 saturated carbocycles. The van der Waals surface area contributed by atoms with Gasteiger partial charge in [0.25, 0.3) is 5.56 Å². The molecule has 25 heteroatoms. The van der Waals surface area contributed by atoms with Crippen LogP contribution in [-0.4, -0.2) is 108 Å². The first-order valence-corrected chi connectivity index (χ1v) is 16.9. The zero-order valence-electron chi connectivity index (χ0n) is 23.6. The minimum Gasteiger partial charge on any atom is -0.387 e. The van der Waals surface area contributed by atoms with Crippen molar-refractivity contribution >= 4 is 49.7 Å². The third-order valence-corrected chi connectivity index (χ3v) is 10.2. The summed E-state index contributed by atoms with van der Waals surface area (Å²) in [5, 5.41) is 11.0. The lowest BCUT2D eigenvalue weighted by Crippen LogP contribution is -2.68. The summed E-state index contributed by atoms with van der Waals surface area (Å²) in [6.07, 6.45) is -3.66. The summed E-state index contributed by atoms with van der Waals surface area (Å²) in [6, 6.07) is 0.